The summed E-state index contributed by atoms with van der Waals surface area (Å²) in [5, 5.41) is 14.0. The van der Waals surface area contributed by atoms with Crippen LogP contribution in [0.5, 0.6) is 0 Å². The number of amides is 2. The lowest BCUT2D eigenvalue weighted by Gasteiger charge is -2.27. The topological polar surface area (TPSA) is 81.7 Å². The fourth-order valence-electron chi connectivity index (χ4n) is 1.89. The van der Waals surface area contributed by atoms with Crippen LogP contribution in [0.25, 0.3) is 0 Å². The van der Waals surface area contributed by atoms with Gasteiger partial charge in [0.25, 0.3) is 0 Å². The van der Waals surface area contributed by atoms with Gasteiger partial charge >= 0.3 is 12.0 Å². The summed E-state index contributed by atoms with van der Waals surface area (Å²) in [5.74, 6) is -1.05. The number of rotatable bonds is 5. The zero-order valence-electron chi connectivity index (χ0n) is 11.2. The Balaban J connectivity index is 2.18. The third-order valence-corrected chi connectivity index (χ3v) is 3.12. The van der Waals surface area contributed by atoms with E-state index in [2.05, 4.69) is 15.5 Å². The molecule has 0 aliphatic carbocycles. The largest absolute Gasteiger partial charge is 0.480 e. The number of carbonyl (C=O) groups excluding carboxylic acids is 1. The van der Waals surface area contributed by atoms with Crippen LogP contribution in [0, 0.1) is 0 Å². The number of nitrogens with zero attached hydrogens (tertiary/aromatic N) is 1. The molecular formula is C12H23N3O3. The number of carboxylic acids is 1. The molecule has 1 aliphatic heterocycles. The molecule has 0 atom stereocenters. The monoisotopic (exact) mass is 257 g/mol. The maximum Gasteiger partial charge on any atom is 0.328 e. The zero-order chi connectivity index (χ0) is 13.6. The number of nitrogens with one attached hydrogen (secondary N) is 2. The number of carbonyl (C=O) groups is 2. The van der Waals surface area contributed by atoms with Crippen molar-refractivity contribution in [2.24, 2.45) is 0 Å². The molecular weight excluding hydrogens is 234 g/mol. The summed E-state index contributed by atoms with van der Waals surface area (Å²) in [7, 11) is 0. The number of carboxylic acid groups (broad SMARTS) is 1. The fraction of sp³-hybridized carbons (Fsp3) is 0.833. The Morgan fingerprint density at radius 1 is 1.22 bits per heavy atom. The minimum absolute atomic E-state index is 0.431. The predicted octanol–water partition coefficient (Wildman–Crippen LogP) is 0.635. The van der Waals surface area contributed by atoms with Gasteiger partial charge in [-0.3, -0.25) is 0 Å². The molecule has 0 radical (unpaired) electrons. The molecule has 104 valence electrons. The molecule has 1 heterocycles. The van der Waals surface area contributed by atoms with Gasteiger partial charge in [-0.2, -0.15) is 0 Å². The lowest BCUT2D eigenvalue weighted by Crippen LogP contribution is -2.54. The maximum atomic E-state index is 11.5. The van der Waals surface area contributed by atoms with E-state index >= 15 is 0 Å². The van der Waals surface area contributed by atoms with E-state index in [1.54, 1.807) is 0 Å². The Kier molecular flexibility index (Phi) is 5.40. The van der Waals surface area contributed by atoms with Crippen molar-refractivity contribution in [2.45, 2.75) is 38.6 Å². The first-order valence-corrected chi connectivity index (χ1v) is 6.43. The van der Waals surface area contributed by atoms with Crippen LogP contribution < -0.4 is 10.6 Å². The van der Waals surface area contributed by atoms with Crippen LogP contribution in [-0.2, 0) is 4.79 Å². The van der Waals surface area contributed by atoms with Gasteiger partial charge in [0.15, 0.2) is 0 Å². The van der Waals surface area contributed by atoms with E-state index in [1.165, 1.54) is 33.1 Å². The van der Waals surface area contributed by atoms with Crippen molar-refractivity contribution in [2.75, 3.05) is 26.2 Å². The van der Waals surface area contributed by atoms with Crippen molar-refractivity contribution in [1.29, 1.82) is 0 Å². The Morgan fingerprint density at radius 2 is 1.83 bits per heavy atom. The number of likely N-dealkylation sites (tertiary alicyclic amines) is 1. The lowest BCUT2D eigenvalue weighted by atomic mass is 10.1. The van der Waals surface area contributed by atoms with E-state index in [-0.39, 0.29) is 0 Å². The molecule has 1 aliphatic rings. The van der Waals surface area contributed by atoms with Gasteiger partial charge in [-0.15, -0.1) is 0 Å². The first-order chi connectivity index (χ1) is 8.42. The van der Waals surface area contributed by atoms with Gasteiger partial charge in [-0.25, -0.2) is 9.59 Å². The van der Waals surface area contributed by atoms with E-state index in [1.807, 2.05) is 0 Å². The molecule has 0 unspecified atom stereocenters. The molecule has 1 fully saturated rings. The Labute approximate surface area is 108 Å². The smallest absolute Gasteiger partial charge is 0.328 e. The standard InChI is InChI=1S/C12H23N3O3/c1-12(2,10(16)17)14-11(18)13-6-9-15-7-4-3-5-8-15/h3-9H2,1-2H3,(H,16,17)(H2,13,14,18). The second kappa shape index (κ2) is 6.58. The van der Waals surface area contributed by atoms with Gasteiger partial charge in [0, 0.05) is 13.1 Å². The summed E-state index contributed by atoms with van der Waals surface area (Å²) in [6.45, 7) is 6.45. The van der Waals surface area contributed by atoms with Gasteiger partial charge < -0.3 is 20.6 Å². The molecule has 1 saturated heterocycles. The van der Waals surface area contributed by atoms with Gasteiger partial charge in [0.1, 0.15) is 5.54 Å². The molecule has 2 amide bonds. The van der Waals surface area contributed by atoms with E-state index < -0.39 is 17.5 Å². The van der Waals surface area contributed by atoms with Crippen LogP contribution in [0.15, 0.2) is 0 Å². The number of urea groups is 1. The van der Waals surface area contributed by atoms with Crippen LogP contribution in [0.3, 0.4) is 0 Å². The average molecular weight is 257 g/mol. The molecule has 6 nitrogen and oxygen atoms in total. The van der Waals surface area contributed by atoms with Gasteiger partial charge in [0.05, 0.1) is 0 Å². The summed E-state index contributed by atoms with van der Waals surface area (Å²) in [4.78, 5) is 24.6. The van der Waals surface area contributed by atoms with E-state index in [4.69, 9.17) is 5.11 Å². The van der Waals surface area contributed by atoms with E-state index in [0.29, 0.717) is 6.54 Å². The molecule has 0 aromatic carbocycles. The summed E-state index contributed by atoms with van der Waals surface area (Å²) < 4.78 is 0. The minimum Gasteiger partial charge on any atom is -0.480 e. The molecule has 0 bridgehead atoms. The summed E-state index contributed by atoms with van der Waals surface area (Å²) in [6.07, 6.45) is 3.73. The Bertz CT molecular complexity index is 299. The zero-order valence-corrected chi connectivity index (χ0v) is 11.2. The van der Waals surface area contributed by atoms with Crippen molar-refractivity contribution < 1.29 is 14.7 Å². The second-order valence-corrected chi connectivity index (χ2v) is 5.21. The maximum absolute atomic E-state index is 11.5. The SMILES string of the molecule is CC(C)(NC(=O)NCCN1CCCCC1)C(=O)O. The third-order valence-electron chi connectivity index (χ3n) is 3.12. The highest BCUT2D eigenvalue weighted by molar-refractivity contribution is 5.85. The molecule has 0 aromatic rings. The lowest BCUT2D eigenvalue weighted by molar-refractivity contribution is -0.142. The fourth-order valence-corrected chi connectivity index (χ4v) is 1.89. The highest BCUT2D eigenvalue weighted by atomic mass is 16.4. The molecule has 18 heavy (non-hydrogen) atoms. The van der Waals surface area contributed by atoms with Crippen LogP contribution >= 0.6 is 0 Å². The van der Waals surface area contributed by atoms with Crippen molar-refractivity contribution in [3.8, 4) is 0 Å². The average Bonchev–Trinajstić information content (AvgIpc) is 2.29. The molecule has 0 spiro atoms. The van der Waals surface area contributed by atoms with Crippen molar-refractivity contribution >= 4 is 12.0 Å². The molecule has 3 N–H and O–H groups in total. The van der Waals surface area contributed by atoms with E-state index in [0.717, 1.165) is 19.6 Å². The van der Waals surface area contributed by atoms with Crippen molar-refractivity contribution in [3.05, 3.63) is 0 Å². The summed E-state index contributed by atoms with van der Waals surface area (Å²) in [5.41, 5.74) is -1.24. The van der Waals surface area contributed by atoms with Crippen LogP contribution in [-0.4, -0.2) is 53.7 Å². The number of hydrogen-bond acceptors (Lipinski definition) is 3. The van der Waals surface area contributed by atoms with Crippen LogP contribution in [0.1, 0.15) is 33.1 Å². The highest BCUT2D eigenvalue weighted by Gasteiger charge is 2.28. The summed E-state index contributed by atoms with van der Waals surface area (Å²) >= 11 is 0. The number of hydrogen-bond donors (Lipinski definition) is 3. The molecule has 1 rings (SSSR count). The van der Waals surface area contributed by atoms with Gasteiger partial charge in [-0.1, -0.05) is 6.42 Å². The quantitative estimate of drug-likeness (QED) is 0.675. The van der Waals surface area contributed by atoms with E-state index in [9.17, 15) is 9.59 Å². The second-order valence-electron chi connectivity index (χ2n) is 5.21. The normalized spacial score (nSPS) is 17.2. The number of aliphatic carboxylic acids is 1. The van der Waals surface area contributed by atoms with Gasteiger partial charge in [0.2, 0.25) is 0 Å². The Morgan fingerprint density at radius 3 is 2.39 bits per heavy atom. The van der Waals surface area contributed by atoms with Crippen LogP contribution in [0.4, 0.5) is 4.79 Å². The first kappa shape index (κ1) is 14.8. The molecule has 0 saturated carbocycles. The molecule has 6 heteroatoms. The first-order valence-electron chi connectivity index (χ1n) is 6.43. The Hall–Kier alpha value is -1.30. The van der Waals surface area contributed by atoms with Crippen molar-refractivity contribution in [1.82, 2.24) is 15.5 Å². The minimum atomic E-state index is -1.24. The highest BCUT2D eigenvalue weighted by Crippen LogP contribution is 2.07. The number of piperidine rings is 1. The molecule has 0 aromatic heterocycles. The van der Waals surface area contributed by atoms with Crippen molar-refractivity contribution in [3.63, 3.8) is 0 Å². The third kappa shape index (κ3) is 4.91. The van der Waals surface area contributed by atoms with Gasteiger partial charge in [-0.05, 0) is 39.8 Å². The van der Waals surface area contributed by atoms with Crippen LogP contribution in [0.2, 0.25) is 0 Å². The predicted molar refractivity (Wildman–Crippen MR) is 68.5 cm³/mol. The summed E-state index contributed by atoms with van der Waals surface area (Å²) in [6, 6.07) is -0.431.